The maximum Gasteiger partial charge on any atom is 0.325 e. The molecule has 1 aliphatic carbocycles. The third kappa shape index (κ3) is 3.19. The summed E-state index contributed by atoms with van der Waals surface area (Å²) in [5.74, 6) is -1.24. The lowest BCUT2D eigenvalue weighted by Crippen LogP contribution is -2.60. The molecule has 1 saturated carbocycles. The Kier molecular flexibility index (Phi) is 4.55. The van der Waals surface area contributed by atoms with Gasteiger partial charge in [0.05, 0.1) is 5.75 Å². The molecule has 2 atom stereocenters. The smallest absolute Gasteiger partial charge is 0.325 e. The minimum Gasteiger partial charge on any atom is -0.480 e. The highest BCUT2D eigenvalue weighted by molar-refractivity contribution is 7.89. The van der Waals surface area contributed by atoms with E-state index in [1.165, 1.54) is 0 Å². The minimum atomic E-state index is -3.50. The van der Waals surface area contributed by atoms with Crippen LogP contribution in [-0.4, -0.2) is 30.8 Å². The number of hydrogen-bond donors (Lipinski definition) is 2. The van der Waals surface area contributed by atoms with Crippen LogP contribution in [0.15, 0.2) is 0 Å². The Bertz CT molecular complexity index is 379. The summed E-state index contributed by atoms with van der Waals surface area (Å²) in [6, 6.07) is 0. The maximum absolute atomic E-state index is 11.8. The van der Waals surface area contributed by atoms with Crippen molar-refractivity contribution < 1.29 is 18.3 Å². The van der Waals surface area contributed by atoms with Crippen molar-refractivity contribution in [2.75, 3.05) is 5.75 Å². The Morgan fingerprint density at radius 3 is 2.59 bits per heavy atom. The molecular weight excluding hydrogens is 242 g/mol. The molecule has 0 saturated heterocycles. The number of sulfonamides is 1. The van der Waals surface area contributed by atoms with E-state index in [-0.39, 0.29) is 11.7 Å². The monoisotopic (exact) mass is 263 g/mol. The van der Waals surface area contributed by atoms with E-state index in [2.05, 4.69) is 4.72 Å². The third-order valence-electron chi connectivity index (χ3n) is 3.49. The van der Waals surface area contributed by atoms with Crippen LogP contribution in [-0.2, 0) is 14.8 Å². The van der Waals surface area contributed by atoms with Gasteiger partial charge in [-0.1, -0.05) is 26.7 Å². The van der Waals surface area contributed by atoms with Crippen molar-refractivity contribution >= 4 is 16.0 Å². The van der Waals surface area contributed by atoms with Gasteiger partial charge in [0, 0.05) is 0 Å². The fraction of sp³-hybridized carbons (Fsp3) is 0.909. The average Bonchev–Trinajstić information content (AvgIpc) is 2.20. The van der Waals surface area contributed by atoms with Gasteiger partial charge >= 0.3 is 5.97 Å². The zero-order valence-corrected chi connectivity index (χ0v) is 11.2. The predicted molar refractivity (Wildman–Crippen MR) is 65.2 cm³/mol. The van der Waals surface area contributed by atoms with E-state index < -0.39 is 21.5 Å². The lowest BCUT2D eigenvalue weighted by atomic mass is 9.74. The van der Waals surface area contributed by atoms with E-state index in [1.807, 2.05) is 6.92 Å². The highest BCUT2D eigenvalue weighted by Crippen LogP contribution is 2.34. The van der Waals surface area contributed by atoms with Crippen LogP contribution in [0.1, 0.15) is 46.0 Å². The van der Waals surface area contributed by atoms with Crippen molar-refractivity contribution in [1.29, 1.82) is 0 Å². The van der Waals surface area contributed by atoms with Crippen molar-refractivity contribution in [3.63, 3.8) is 0 Å². The van der Waals surface area contributed by atoms with Crippen molar-refractivity contribution in [1.82, 2.24) is 4.72 Å². The van der Waals surface area contributed by atoms with Crippen LogP contribution < -0.4 is 4.72 Å². The normalized spacial score (nSPS) is 30.1. The number of nitrogens with one attached hydrogen (secondary N) is 1. The third-order valence-corrected chi connectivity index (χ3v) is 5.11. The molecule has 5 nitrogen and oxygen atoms in total. The summed E-state index contributed by atoms with van der Waals surface area (Å²) in [5.41, 5.74) is -1.30. The number of aliphatic carboxylic acids is 1. The van der Waals surface area contributed by atoms with Crippen molar-refractivity contribution in [2.45, 2.75) is 51.5 Å². The Morgan fingerprint density at radius 1 is 1.47 bits per heavy atom. The van der Waals surface area contributed by atoms with Crippen molar-refractivity contribution in [3.8, 4) is 0 Å². The molecule has 2 N–H and O–H groups in total. The zero-order valence-electron chi connectivity index (χ0n) is 10.4. The van der Waals surface area contributed by atoms with E-state index in [4.69, 9.17) is 0 Å². The van der Waals surface area contributed by atoms with Crippen LogP contribution >= 0.6 is 0 Å². The summed E-state index contributed by atoms with van der Waals surface area (Å²) in [7, 11) is -3.50. The van der Waals surface area contributed by atoms with Gasteiger partial charge in [0.15, 0.2) is 0 Å². The lowest BCUT2D eigenvalue weighted by molar-refractivity contribution is -0.147. The van der Waals surface area contributed by atoms with Gasteiger partial charge < -0.3 is 5.11 Å². The van der Waals surface area contributed by atoms with Crippen LogP contribution in [0.3, 0.4) is 0 Å². The van der Waals surface area contributed by atoms with Crippen molar-refractivity contribution in [2.24, 2.45) is 5.92 Å². The van der Waals surface area contributed by atoms with Crippen LogP contribution in [0, 0.1) is 5.92 Å². The molecule has 0 aromatic heterocycles. The molecular formula is C11H21NO4S. The molecule has 1 rings (SSSR count). The fourth-order valence-corrected chi connectivity index (χ4v) is 4.04. The molecule has 0 heterocycles. The van der Waals surface area contributed by atoms with Gasteiger partial charge in [-0.3, -0.25) is 4.79 Å². The second-order valence-corrected chi connectivity index (χ2v) is 6.69. The van der Waals surface area contributed by atoms with E-state index in [0.29, 0.717) is 12.8 Å². The van der Waals surface area contributed by atoms with Crippen LogP contribution in [0.25, 0.3) is 0 Å². The molecule has 1 fully saturated rings. The first kappa shape index (κ1) is 14.4. The SMILES string of the molecule is CCCS(=O)(=O)NC1(C(=O)O)CCCCC1C. The molecule has 1 aliphatic rings. The number of hydrogen-bond acceptors (Lipinski definition) is 3. The van der Waals surface area contributed by atoms with Gasteiger partial charge in [-0.25, -0.2) is 8.42 Å². The standard InChI is InChI=1S/C11H21NO4S/c1-3-8-17(15,16)12-11(10(13)14)7-5-4-6-9(11)2/h9,12H,3-8H2,1-2H3,(H,13,14). The van der Waals surface area contributed by atoms with E-state index in [1.54, 1.807) is 6.92 Å². The predicted octanol–water partition coefficient (Wildman–Crippen LogP) is 1.35. The van der Waals surface area contributed by atoms with E-state index in [0.717, 1.165) is 19.3 Å². The molecule has 2 unspecified atom stereocenters. The number of carboxylic acid groups (broad SMARTS) is 1. The lowest BCUT2D eigenvalue weighted by Gasteiger charge is -2.39. The quantitative estimate of drug-likeness (QED) is 0.784. The van der Waals surface area contributed by atoms with Gasteiger partial charge in [0.2, 0.25) is 10.0 Å². The molecule has 0 bridgehead atoms. The summed E-state index contributed by atoms with van der Waals surface area (Å²) in [5, 5.41) is 9.36. The number of rotatable bonds is 5. The largest absolute Gasteiger partial charge is 0.480 e. The number of carbonyl (C=O) groups is 1. The van der Waals surface area contributed by atoms with Gasteiger partial charge in [0.1, 0.15) is 5.54 Å². The van der Waals surface area contributed by atoms with Gasteiger partial charge in [-0.2, -0.15) is 4.72 Å². The highest BCUT2D eigenvalue weighted by Gasteiger charge is 2.47. The van der Waals surface area contributed by atoms with Gasteiger partial charge in [-0.15, -0.1) is 0 Å². The molecule has 6 heteroatoms. The molecule has 0 amide bonds. The summed E-state index contributed by atoms with van der Waals surface area (Å²) in [6.07, 6.45) is 3.34. The molecule has 0 aliphatic heterocycles. The van der Waals surface area contributed by atoms with Crippen LogP contribution in [0.2, 0.25) is 0 Å². The molecule has 0 aromatic carbocycles. The molecule has 17 heavy (non-hydrogen) atoms. The Balaban J connectivity index is 2.97. The number of carboxylic acids is 1. The van der Waals surface area contributed by atoms with Crippen LogP contribution in [0.4, 0.5) is 0 Å². The van der Waals surface area contributed by atoms with E-state index in [9.17, 15) is 18.3 Å². The Labute approximate surface area is 103 Å². The Morgan fingerprint density at radius 2 is 2.12 bits per heavy atom. The molecule has 0 spiro atoms. The maximum atomic E-state index is 11.8. The zero-order chi connectivity index (χ0) is 13.1. The summed E-state index contributed by atoms with van der Waals surface area (Å²) in [4.78, 5) is 11.4. The first-order valence-electron chi connectivity index (χ1n) is 6.09. The van der Waals surface area contributed by atoms with Crippen molar-refractivity contribution in [3.05, 3.63) is 0 Å². The minimum absolute atomic E-state index is 0.0191. The topological polar surface area (TPSA) is 83.5 Å². The summed E-state index contributed by atoms with van der Waals surface area (Å²) >= 11 is 0. The second-order valence-electron chi connectivity index (χ2n) is 4.84. The van der Waals surface area contributed by atoms with E-state index >= 15 is 0 Å². The first-order valence-corrected chi connectivity index (χ1v) is 7.74. The molecule has 0 aromatic rings. The second kappa shape index (κ2) is 5.35. The fourth-order valence-electron chi connectivity index (χ4n) is 2.46. The molecule has 0 radical (unpaired) electrons. The average molecular weight is 263 g/mol. The highest BCUT2D eigenvalue weighted by atomic mass is 32.2. The van der Waals surface area contributed by atoms with Crippen LogP contribution in [0.5, 0.6) is 0 Å². The van der Waals surface area contributed by atoms with Gasteiger partial charge in [0.25, 0.3) is 0 Å². The first-order chi connectivity index (χ1) is 7.84. The molecule has 100 valence electrons. The summed E-state index contributed by atoms with van der Waals surface area (Å²) < 4.78 is 26.0. The van der Waals surface area contributed by atoms with Gasteiger partial charge in [-0.05, 0) is 25.2 Å². The Hall–Kier alpha value is -0.620. The summed E-state index contributed by atoms with van der Waals surface area (Å²) in [6.45, 7) is 3.57.